The van der Waals surface area contributed by atoms with Crippen LogP contribution >= 0.6 is 0 Å². The van der Waals surface area contributed by atoms with Crippen molar-refractivity contribution in [3.8, 4) is 0 Å². The lowest BCUT2D eigenvalue weighted by molar-refractivity contribution is 0.208. The second-order valence-corrected chi connectivity index (χ2v) is 6.49. The number of hydrogen-bond acceptors (Lipinski definition) is 0. The fourth-order valence-electron chi connectivity index (χ4n) is 4.76. The SMILES string of the molecule is c1ccc2c(c1)CC1=C2CCCC12CCCCC2. The van der Waals surface area contributed by atoms with Crippen molar-refractivity contribution >= 4 is 5.57 Å². The molecule has 18 heavy (non-hydrogen) atoms. The monoisotopic (exact) mass is 238 g/mol. The van der Waals surface area contributed by atoms with Gasteiger partial charge in [-0.2, -0.15) is 0 Å². The normalized spacial score (nSPS) is 25.1. The Labute approximate surface area is 110 Å². The van der Waals surface area contributed by atoms with E-state index in [9.17, 15) is 0 Å². The lowest BCUT2D eigenvalue weighted by Gasteiger charge is -2.42. The molecule has 1 aromatic rings. The molecule has 94 valence electrons. The maximum Gasteiger partial charge on any atom is -0.00494 e. The van der Waals surface area contributed by atoms with Gasteiger partial charge in [-0.25, -0.2) is 0 Å². The Morgan fingerprint density at radius 3 is 2.50 bits per heavy atom. The van der Waals surface area contributed by atoms with E-state index in [4.69, 9.17) is 0 Å². The van der Waals surface area contributed by atoms with Crippen molar-refractivity contribution in [3.63, 3.8) is 0 Å². The number of rotatable bonds is 0. The van der Waals surface area contributed by atoms with E-state index in [0.29, 0.717) is 5.41 Å². The van der Waals surface area contributed by atoms with E-state index < -0.39 is 0 Å². The van der Waals surface area contributed by atoms with Crippen molar-refractivity contribution in [1.82, 2.24) is 0 Å². The third-order valence-corrected chi connectivity index (χ3v) is 5.61. The zero-order valence-corrected chi connectivity index (χ0v) is 11.2. The van der Waals surface area contributed by atoms with Gasteiger partial charge in [0.05, 0.1) is 0 Å². The Balaban J connectivity index is 1.80. The van der Waals surface area contributed by atoms with Gasteiger partial charge in [0.15, 0.2) is 0 Å². The highest BCUT2D eigenvalue weighted by atomic mass is 14.5. The van der Waals surface area contributed by atoms with E-state index in [0.717, 1.165) is 0 Å². The number of allylic oxidation sites excluding steroid dienone is 2. The maximum atomic E-state index is 2.36. The molecule has 0 aliphatic heterocycles. The van der Waals surface area contributed by atoms with Crippen molar-refractivity contribution in [2.45, 2.75) is 57.8 Å². The third kappa shape index (κ3) is 1.44. The summed E-state index contributed by atoms with van der Waals surface area (Å²) in [6.07, 6.45) is 12.9. The van der Waals surface area contributed by atoms with Crippen molar-refractivity contribution in [2.24, 2.45) is 5.41 Å². The van der Waals surface area contributed by atoms with Gasteiger partial charge in [-0.1, -0.05) is 49.1 Å². The molecule has 1 aromatic carbocycles. The highest BCUT2D eigenvalue weighted by Crippen LogP contribution is 2.56. The van der Waals surface area contributed by atoms with Crippen LogP contribution < -0.4 is 0 Å². The average molecular weight is 238 g/mol. The predicted molar refractivity (Wildman–Crippen MR) is 76.4 cm³/mol. The second-order valence-electron chi connectivity index (χ2n) is 6.49. The fourth-order valence-corrected chi connectivity index (χ4v) is 4.76. The first-order chi connectivity index (χ1) is 8.89. The largest absolute Gasteiger partial charge is 0.0619 e. The summed E-state index contributed by atoms with van der Waals surface area (Å²) in [6, 6.07) is 9.14. The molecular weight excluding hydrogens is 216 g/mol. The number of benzene rings is 1. The quantitative estimate of drug-likeness (QED) is 0.587. The molecule has 3 aliphatic carbocycles. The van der Waals surface area contributed by atoms with Crippen LogP contribution in [0.2, 0.25) is 0 Å². The lowest BCUT2D eigenvalue weighted by atomic mass is 9.62. The highest BCUT2D eigenvalue weighted by Gasteiger charge is 2.41. The van der Waals surface area contributed by atoms with Gasteiger partial charge in [0.25, 0.3) is 0 Å². The molecule has 0 saturated heterocycles. The smallest absolute Gasteiger partial charge is 0.00494 e. The Morgan fingerprint density at radius 2 is 1.61 bits per heavy atom. The van der Waals surface area contributed by atoms with E-state index in [1.54, 1.807) is 16.7 Å². The molecule has 0 N–H and O–H groups in total. The van der Waals surface area contributed by atoms with Crippen molar-refractivity contribution in [2.75, 3.05) is 0 Å². The Morgan fingerprint density at radius 1 is 0.833 bits per heavy atom. The van der Waals surface area contributed by atoms with Crippen LogP contribution in [-0.4, -0.2) is 0 Å². The minimum absolute atomic E-state index is 0.616. The fraction of sp³-hybridized carbons (Fsp3) is 0.556. The van der Waals surface area contributed by atoms with E-state index >= 15 is 0 Å². The van der Waals surface area contributed by atoms with E-state index in [1.165, 1.54) is 57.8 Å². The first kappa shape index (κ1) is 10.8. The summed E-state index contributed by atoms with van der Waals surface area (Å²) >= 11 is 0. The molecule has 1 spiro atoms. The molecule has 3 aliphatic rings. The number of fused-ring (bicyclic) bond motifs is 3. The molecule has 0 nitrogen and oxygen atoms in total. The summed E-state index contributed by atoms with van der Waals surface area (Å²) in [5.41, 5.74) is 7.42. The molecule has 0 aromatic heterocycles. The molecule has 0 heteroatoms. The van der Waals surface area contributed by atoms with E-state index in [-0.39, 0.29) is 0 Å². The molecule has 1 saturated carbocycles. The Kier molecular flexibility index (Phi) is 2.40. The van der Waals surface area contributed by atoms with Crippen LogP contribution in [0, 0.1) is 5.41 Å². The maximum absolute atomic E-state index is 2.36. The summed E-state index contributed by atoms with van der Waals surface area (Å²) in [4.78, 5) is 0. The number of hydrogen-bond donors (Lipinski definition) is 0. The third-order valence-electron chi connectivity index (χ3n) is 5.61. The van der Waals surface area contributed by atoms with Crippen molar-refractivity contribution in [3.05, 3.63) is 41.0 Å². The first-order valence-electron chi connectivity index (χ1n) is 7.70. The van der Waals surface area contributed by atoms with Gasteiger partial charge < -0.3 is 0 Å². The molecular formula is C18H22. The van der Waals surface area contributed by atoms with Gasteiger partial charge in [0, 0.05) is 0 Å². The van der Waals surface area contributed by atoms with Gasteiger partial charge in [-0.15, -0.1) is 0 Å². The van der Waals surface area contributed by atoms with Crippen LogP contribution in [0.25, 0.3) is 5.57 Å². The summed E-state index contributed by atoms with van der Waals surface area (Å²) in [5, 5.41) is 0. The molecule has 0 bridgehead atoms. The van der Waals surface area contributed by atoms with Crippen molar-refractivity contribution < 1.29 is 0 Å². The standard InChI is InChI=1S/C18H22/c1-4-10-18(11-5-1)12-6-9-16-15-8-3-2-7-14(15)13-17(16)18/h2-3,7-8H,1,4-6,9-13H2. The Hall–Kier alpha value is -1.04. The van der Waals surface area contributed by atoms with Gasteiger partial charge in [0.1, 0.15) is 0 Å². The minimum Gasteiger partial charge on any atom is -0.0619 e. The molecule has 0 unspecified atom stereocenters. The van der Waals surface area contributed by atoms with Crippen LogP contribution in [0.15, 0.2) is 29.8 Å². The van der Waals surface area contributed by atoms with Gasteiger partial charge in [0.2, 0.25) is 0 Å². The summed E-state index contributed by atoms with van der Waals surface area (Å²) in [5.74, 6) is 0. The average Bonchev–Trinajstić information content (AvgIpc) is 2.81. The predicted octanol–water partition coefficient (Wildman–Crippen LogP) is 5.13. The van der Waals surface area contributed by atoms with Crippen LogP contribution in [0.3, 0.4) is 0 Å². The van der Waals surface area contributed by atoms with Crippen molar-refractivity contribution in [1.29, 1.82) is 0 Å². The van der Waals surface area contributed by atoms with E-state index in [1.807, 2.05) is 5.57 Å². The van der Waals surface area contributed by atoms with Gasteiger partial charge in [-0.3, -0.25) is 0 Å². The van der Waals surface area contributed by atoms with Gasteiger partial charge in [-0.05, 0) is 60.6 Å². The highest BCUT2D eigenvalue weighted by molar-refractivity contribution is 5.78. The van der Waals surface area contributed by atoms with Crippen LogP contribution in [0.1, 0.15) is 62.5 Å². The molecule has 1 fully saturated rings. The van der Waals surface area contributed by atoms with Crippen LogP contribution in [0.5, 0.6) is 0 Å². The lowest BCUT2D eigenvalue weighted by Crippen LogP contribution is -2.29. The van der Waals surface area contributed by atoms with Crippen LogP contribution in [0.4, 0.5) is 0 Å². The second kappa shape index (κ2) is 3.98. The topological polar surface area (TPSA) is 0 Å². The summed E-state index contributed by atoms with van der Waals surface area (Å²) in [7, 11) is 0. The summed E-state index contributed by atoms with van der Waals surface area (Å²) in [6.45, 7) is 0. The van der Waals surface area contributed by atoms with Crippen LogP contribution in [-0.2, 0) is 6.42 Å². The minimum atomic E-state index is 0.616. The summed E-state index contributed by atoms with van der Waals surface area (Å²) < 4.78 is 0. The molecule has 0 radical (unpaired) electrons. The zero-order valence-electron chi connectivity index (χ0n) is 11.2. The molecule has 0 heterocycles. The van der Waals surface area contributed by atoms with E-state index in [2.05, 4.69) is 24.3 Å². The molecule has 0 atom stereocenters. The zero-order chi connectivity index (χ0) is 12.0. The molecule has 4 rings (SSSR count). The van der Waals surface area contributed by atoms with Gasteiger partial charge >= 0.3 is 0 Å². The first-order valence-corrected chi connectivity index (χ1v) is 7.70. The molecule has 0 amide bonds. The Bertz CT molecular complexity index is 501.